The van der Waals surface area contributed by atoms with Crippen LogP contribution in [0.1, 0.15) is 25.0 Å². The number of carbonyl (C=O) groups is 2. The first-order chi connectivity index (χ1) is 13.1. The molecule has 2 aromatic rings. The van der Waals surface area contributed by atoms with Crippen molar-refractivity contribution < 1.29 is 23.5 Å². The average Bonchev–Trinajstić information content (AvgIpc) is 2.55. The summed E-state index contributed by atoms with van der Waals surface area (Å²) in [4.78, 5) is 23.2. The van der Waals surface area contributed by atoms with Gasteiger partial charge in [-0.3, -0.25) is 4.79 Å². The molecule has 5 nitrogen and oxygen atoms in total. The summed E-state index contributed by atoms with van der Waals surface area (Å²) in [6, 6.07) is 9.17. The van der Waals surface area contributed by atoms with Gasteiger partial charge in [0.2, 0.25) is 5.91 Å². The molecule has 0 aromatic heterocycles. The molecule has 0 bridgehead atoms. The maximum atomic E-state index is 13.6. The van der Waals surface area contributed by atoms with E-state index in [1.807, 2.05) is 0 Å². The van der Waals surface area contributed by atoms with E-state index >= 15 is 0 Å². The molecule has 0 heterocycles. The highest BCUT2D eigenvalue weighted by atomic mass is 35.5. The Balaban J connectivity index is 2.28. The molecule has 0 saturated heterocycles. The van der Waals surface area contributed by atoms with E-state index in [9.17, 15) is 18.4 Å². The summed E-state index contributed by atoms with van der Waals surface area (Å²) < 4.78 is 27.2. The summed E-state index contributed by atoms with van der Waals surface area (Å²) in [6.45, 7) is 3.14. The summed E-state index contributed by atoms with van der Waals surface area (Å²) in [5.41, 5.74) is 0.288. The van der Waals surface area contributed by atoms with Crippen molar-refractivity contribution in [1.82, 2.24) is 10.6 Å². The minimum atomic E-state index is -1.32. The monoisotopic (exact) mass is 410 g/mol. The molecule has 0 spiro atoms. The number of carbonyl (C=O) groups excluding carboxylic acids is 1. The van der Waals surface area contributed by atoms with Gasteiger partial charge in [0, 0.05) is 16.6 Å². The Morgan fingerprint density at radius 1 is 1.07 bits per heavy atom. The predicted molar refractivity (Wildman–Crippen MR) is 102 cm³/mol. The Labute approximate surface area is 166 Å². The Morgan fingerprint density at radius 3 is 2.14 bits per heavy atom. The maximum Gasteiger partial charge on any atom is 0.405 e. The van der Waals surface area contributed by atoms with Crippen molar-refractivity contribution in [2.24, 2.45) is 0 Å². The lowest BCUT2D eigenvalue weighted by molar-refractivity contribution is -0.124. The van der Waals surface area contributed by atoms with Crippen molar-refractivity contribution in [2.75, 3.05) is 0 Å². The van der Waals surface area contributed by atoms with Crippen LogP contribution >= 0.6 is 11.6 Å². The number of nitrogens with one attached hydrogen (secondary N) is 2. The maximum absolute atomic E-state index is 13.6. The first-order valence-electron chi connectivity index (χ1n) is 8.57. The third-order valence-corrected chi connectivity index (χ3v) is 4.43. The molecule has 2 aromatic carbocycles. The van der Waals surface area contributed by atoms with E-state index in [4.69, 9.17) is 16.7 Å². The van der Waals surface area contributed by atoms with E-state index in [0.717, 1.165) is 11.6 Å². The van der Waals surface area contributed by atoms with Gasteiger partial charge in [-0.1, -0.05) is 23.7 Å². The van der Waals surface area contributed by atoms with Crippen LogP contribution in [0.15, 0.2) is 42.5 Å². The van der Waals surface area contributed by atoms with Gasteiger partial charge in [-0.15, -0.1) is 0 Å². The van der Waals surface area contributed by atoms with Crippen LogP contribution in [-0.4, -0.2) is 28.7 Å². The van der Waals surface area contributed by atoms with E-state index in [0.29, 0.717) is 17.0 Å². The molecule has 0 aliphatic rings. The highest BCUT2D eigenvalue weighted by Gasteiger charge is 2.30. The number of hydrogen-bond donors (Lipinski definition) is 3. The van der Waals surface area contributed by atoms with Gasteiger partial charge in [-0.05, 0) is 62.1 Å². The van der Waals surface area contributed by atoms with Crippen molar-refractivity contribution in [3.05, 3.63) is 70.2 Å². The van der Waals surface area contributed by atoms with Gasteiger partial charge in [0.05, 0.1) is 0 Å². The summed E-state index contributed by atoms with van der Waals surface area (Å²) in [7, 11) is 0. The lowest BCUT2D eigenvalue weighted by Crippen LogP contribution is -2.55. The standard InChI is InChI=1S/C20H21ClF2N2O3/c1-12(24-19(27)28)18(26)25-20(2,10-13-3-5-15(21)6-4-13)11-14-7-16(22)9-17(23)8-14/h3-9,12,24H,10-11H2,1-2H3,(H,25,26)(H,27,28). The summed E-state index contributed by atoms with van der Waals surface area (Å²) in [5, 5.41) is 14.3. The first-order valence-corrected chi connectivity index (χ1v) is 8.95. The SMILES string of the molecule is CC(NC(=O)O)C(=O)NC(C)(Cc1ccc(Cl)cc1)Cc1cc(F)cc(F)c1. The van der Waals surface area contributed by atoms with Crippen molar-refractivity contribution in [1.29, 1.82) is 0 Å². The Hall–Kier alpha value is -2.67. The van der Waals surface area contributed by atoms with Gasteiger partial charge < -0.3 is 15.7 Å². The number of carboxylic acid groups (broad SMARTS) is 1. The summed E-state index contributed by atoms with van der Waals surface area (Å²) in [5.74, 6) is -1.97. The van der Waals surface area contributed by atoms with Gasteiger partial charge in [-0.2, -0.15) is 0 Å². The minimum absolute atomic E-state index is 0.135. The van der Waals surface area contributed by atoms with Crippen molar-refractivity contribution in [2.45, 2.75) is 38.3 Å². The Bertz CT molecular complexity index is 841. The normalized spacial score (nSPS) is 14.0. The molecule has 0 saturated carbocycles. The second kappa shape index (κ2) is 9.01. The Morgan fingerprint density at radius 2 is 1.61 bits per heavy atom. The fourth-order valence-corrected chi connectivity index (χ4v) is 3.15. The van der Waals surface area contributed by atoms with E-state index in [2.05, 4.69) is 10.6 Å². The van der Waals surface area contributed by atoms with E-state index in [1.165, 1.54) is 19.1 Å². The predicted octanol–water partition coefficient (Wildman–Crippen LogP) is 3.93. The van der Waals surface area contributed by atoms with Crippen molar-refractivity contribution >= 4 is 23.6 Å². The topological polar surface area (TPSA) is 78.4 Å². The van der Waals surface area contributed by atoms with Gasteiger partial charge >= 0.3 is 6.09 Å². The third kappa shape index (κ3) is 6.49. The van der Waals surface area contributed by atoms with Crippen LogP contribution < -0.4 is 10.6 Å². The first kappa shape index (κ1) is 21.6. The lowest BCUT2D eigenvalue weighted by atomic mass is 9.86. The van der Waals surface area contributed by atoms with Gasteiger partial charge in [0.1, 0.15) is 17.7 Å². The number of benzene rings is 2. The molecule has 150 valence electrons. The zero-order valence-electron chi connectivity index (χ0n) is 15.4. The van der Waals surface area contributed by atoms with Crippen LogP contribution in [0.2, 0.25) is 5.02 Å². The fraction of sp³-hybridized carbons (Fsp3) is 0.300. The molecular formula is C20H21ClF2N2O3. The second-order valence-corrected chi connectivity index (χ2v) is 7.42. The smallest absolute Gasteiger partial charge is 0.405 e. The molecule has 2 atom stereocenters. The van der Waals surface area contributed by atoms with E-state index in [1.54, 1.807) is 31.2 Å². The van der Waals surface area contributed by atoms with Gasteiger partial charge in [0.25, 0.3) is 0 Å². The van der Waals surface area contributed by atoms with Crippen molar-refractivity contribution in [3.63, 3.8) is 0 Å². The molecule has 0 fully saturated rings. The van der Waals surface area contributed by atoms with Crippen molar-refractivity contribution in [3.8, 4) is 0 Å². The molecule has 2 amide bonds. The van der Waals surface area contributed by atoms with E-state index < -0.39 is 35.2 Å². The second-order valence-electron chi connectivity index (χ2n) is 6.98. The molecule has 8 heteroatoms. The van der Waals surface area contributed by atoms with Gasteiger partial charge in [-0.25, -0.2) is 13.6 Å². The zero-order chi connectivity index (χ0) is 20.9. The van der Waals surface area contributed by atoms with Gasteiger partial charge in [0.15, 0.2) is 0 Å². The summed E-state index contributed by atoms with van der Waals surface area (Å²) >= 11 is 5.90. The van der Waals surface area contributed by atoms with Crippen LogP contribution in [0.25, 0.3) is 0 Å². The molecule has 0 aliphatic carbocycles. The molecule has 0 aliphatic heterocycles. The van der Waals surface area contributed by atoms with Crippen LogP contribution in [0.4, 0.5) is 13.6 Å². The average molecular weight is 411 g/mol. The number of amides is 2. The Kier molecular flexibility index (Phi) is 6.96. The van der Waals surface area contributed by atoms with Crippen LogP contribution in [-0.2, 0) is 17.6 Å². The fourth-order valence-electron chi connectivity index (χ4n) is 3.02. The molecular weight excluding hydrogens is 390 g/mol. The van der Waals surface area contributed by atoms with Crippen LogP contribution in [0.5, 0.6) is 0 Å². The van der Waals surface area contributed by atoms with E-state index in [-0.39, 0.29) is 6.42 Å². The molecule has 2 rings (SSSR count). The minimum Gasteiger partial charge on any atom is -0.465 e. The molecule has 3 N–H and O–H groups in total. The largest absolute Gasteiger partial charge is 0.465 e. The quantitative estimate of drug-likeness (QED) is 0.647. The lowest BCUT2D eigenvalue weighted by Gasteiger charge is -2.33. The summed E-state index contributed by atoms with van der Waals surface area (Å²) in [6.07, 6.45) is -0.849. The number of hydrogen-bond acceptors (Lipinski definition) is 2. The highest BCUT2D eigenvalue weighted by molar-refractivity contribution is 6.30. The molecule has 2 unspecified atom stereocenters. The van der Waals surface area contributed by atoms with Crippen LogP contribution in [0, 0.1) is 11.6 Å². The number of rotatable bonds is 7. The van der Waals surface area contributed by atoms with Crippen LogP contribution in [0.3, 0.4) is 0 Å². The zero-order valence-corrected chi connectivity index (χ0v) is 16.2. The molecule has 0 radical (unpaired) electrons. The highest BCUT2D eigenvalue weighted by Crippen LogP contribution is 2.22. The number of halogens is 3. The molecule has 28 heavy (non-hydrogen) atoms. The third-order valence-electron chi connectivity index (χ3n) is 4.18.